The van der Waals surface area contributed by atoms with Crippen LogP contribution in [0.4, 0.5) is 4.79 Å². The Balaban J connectivity index is 1.88. The summed E-state index contributed by atoms with van der Waals surface area (Å²) in [6.07, 6.45) is -0.0747. The SMILES string of the molecule is CC(=O)c1csc([C@](Cc2ccccc2)(C(N)=O)N2C(=O)NC(c3ccccc3)C2=O)n1. The molecule has 1 aromatic heterocycles. The Kier molecular flexibility index (Phi) is 5.58. The standard InChI is InChI=1S/C23H20N4O4S/c1-14(28)17-13-32-21(25-17)23(20(24)30,12-15-8-4-2-5-9-15)27-19(29)18(26-22(27)31)16-10-6-3-7-11-16/h2-11,13,18H,12H2,1H3,(H2,24,30)(H,26,31)/t18?,23-/m0/s1. The van der Waals surface area contributed by atoms with E-state index in [0.717, 1.165) is 16.2 Å². The molecule has 3 aromatic rings. The Morgan fingerprint density at radius 2 is 1.72 bits per heavy atom. The van der Waals surface area contributed by atoms with E-state index in [1.54, 1.807) is 54.6 Å². The molecule has 0 spiro atoms. The second-order valence-electron chi connectivity index (χ2n) is 7.45. The van der Waals surface area contributed by atoms with E-state index in [1.165, 1.54) is 12.3 Å². The highest BCUT2D eigenvalue weighted by Crippen LogP contribution is 2.39. The molecule has 1 fully saturated rings. The number of urea groups is 1. The highest BCUT2D eigenvalue weighted by atomic mass is 32.1. The van der Waals surface area contributed by atoms with Crippen molar-refractivity contribution in [3.63, 3.8) is 0 Å². The van der Waals surface area contributed by atoms with Crippen LogP contribution in [0.1, 0.15) is 39.6 Å². The minimum Gasteiger partial charge on any atom is -0.367 e. The number of benzene rings is 2. The number of carbonyl (C=O) groups is 4. The summed E-state index contributed by atoms with van der Waals surface area (Å²) in [4.78, 5) is 56.7. The molecule has 1 saturated heterocycles. The molecule has 1 aliphatic heterocycles. The van der Waals surface area contributed by atoms with Crippen LogP contribution in [0, 0.1) is 0 Å². The van der Waals surface area contributed by atoms with Crippen LogP contribution in [-0.2, 0) is 21.5 Å². The van der Waals surface area contributed by atoms with Crippen molar-refractivity contribution in [1.29, 1.82) is 0 Å². The van der Waals surface area contributed by atoms with Crippen molar-refractivity contribution in [1.82, 2.24) is 15.2 Å². The van der Waals surface area contributed by atoms with E-state index < -0.39 is 29.4 Å². The zero-order valence-corrected chi connectivity index (χ0v) is 18.0. The maximum atomic E-state index is 13.5. The molecular weight excluding hydrogens is 428 g/mol. The van der Waals surface area contributed by atoms with E-state index in [4.69, 9.17) is 5.73 Å². The summed E-state index contributed by atoms with van der Waals surface area (Å²) < 4.78 is 0. The van der Waals surface area contributed by atoms with Crippen LogP contribution in [0.2, 0.25) is 0 Å². The average Bonchev–Trinajstić information content (AvgIpc) is 3.39. The Morgan fingerprint density at radius 3 is 2.28 bits per heavy atom. The fraction of sp³-hybridized carbons (Fsp3) is 0.174. The molecule has 4 rings (SSSR count). The lowest BCUT2D eigenvalue weighted by Crippen LogP contribution is -2.59. The number of imide groups is 1. The summed E-state index contributed by atoms with van der Waals surface area (Å²) in [5, 5.41) is 4.26. The molecule has 0 bridgehead atoms. The number of nitrogens with zero attached hydrogens (tertiary/aromatic N) is 2. The zero-order valence-electron chi connectivity index (χ0n) is 17.1. The van der Waals surface area contributed by atoms with Gasteiger partial charge in [0.25, 0.3) is 11.8 Å². The van der Waals surface area contributed by atoms with E-state index in [2.05, 4.69) is 10.3 Å². The monoisotopic (exact) mass is 448 g/mol. The molecule has 3 N–H and O–H groups in total. The molecule has 4 amide bonds. The number of rotatable bonds is 7. The maximum Gasteiger partial charge on any atom is 0.326 e. The summed E-state index contributed by atoms with van der Waals surface area (Å²) in [6, 6.07) is 15.9. The van der Waals surface area contributed by atoms with Gasteiger partial charge in [0, 0.05) is 18.7 Å². The number of amides is 4. The van der Waals surface area contributed by atoms with Crippen molar-refractivity contribution in [2.24, 2.45) is 5.73 Å². The van der Waals surface area contributed by atoms with Gasteiger partial charge in [0.2, 0.25) is 0 Å². The van der Waals surface area contributed by atoms with Gasteiger partial charge in [-0.25, -0.2) is 14.7 Å². The number of ketones is 1. The molecule has 2 heterocycles. The Labute approximate surface area is 188 Å². The molecule has 32 heavy (non-hydrogen) atoms. The van der Waals surface area contributed by atoms with Crippen LogP contribution in [-0.4, -0.2) is 33.5 Å². The van der Waals surface area contributed by atoms with Crippen molar-refractivity contribution < 1.29 is 19.2 Å². The number of hydrogen-bond donors (Lipinski definition) is 2. The van der Waals surface area contributed by atoms with E-state index >= 15 is 0 Å². The van der Waals surface area contributed by atoms with Crippen molar-refractivity contribution in [2.45, 2.75) is 24.9 Å². The third-order valence-electron chi connectivity index (χ3n) is 5.38. The largest absolute Gasteiger partial charge is 0.367 e. The summed E-state index contributed by atoms with van der Waals surface area (Å²) in [6.45, 7) is 1.35. The first-order chi connectivity index (χ1) is 15.3. The quantitative estimate of drug-likeness (QED) is 0.425. The molecule has 2 atom stereocenters. The molecule has 8 nitrogen and oxygen atoms in total. The van der Waals surface area contributed by atoms with E-state index in [-0.39, 0.29) is 22.9 Å². The van der Waals surface area contributed by atoms with Crippen LogP contribution in [0.5, 0.6) is 0 Å². The molecule has 162 valence electrons. The molecule has 1 aliphatic rings. The summed E-state index contributed by atoms with van der Waals surface area (Å²) >= 11 is 1.01. The van der Waals surface area contributed by atoms with Crippen molar-refractivity contribution >= 4 is 35.0 Å². The second kappa shape index (κ2) is 8.35. The number of primary amides is 1. The minimum atomic E-state index is -1.90. The van der Waals surface area contributed by atoms with Gasteiger partial charge in [-0.1, -0.05) is 60.7 Å². The number of Topliss-reactive ketones (excluding diaryl/α,β-unsaturated/α-hetero) is 1. The molecule has 1 unspecified atom stereocenters. The van der Waals surface area contributed by atoms with Crippen LogP contribution in [0.3, 0.4) is 0 Å². The van der Waals surface area contributed by atoms with E-state index in [9.17, 15) is 19.2 Å². The number of nitrogens with two attached hydrogens (primary N) is 1. The minimum absolute atomic E-state index is 0.0747. The first-order valence-corrected chi connectivity index (χ1v) is 10.7. The van der Waals surface area contributed by atoms with Gasteiger partial charge in [-0.2, -0.15) is 0 Å². The van der Waals surface area contributed by atoms with E-state index in [1.807, 2.05) is 6.07 Å². The van der Waals surface area contributed by atoms with Gasteiger partial charge in [-0.05, 0) is 11.1 Å². The highest BCUT2D eigenvalue weighted by Gasteiger charge is 2.57. The third-order valence-corrected chi connectivity index (χ3v) is 6.38. The lowest BCUT2D eigenvalue weighted by molar-refractivity contribution is -0.141. The maximum absolute atomic E-state index is 13.5. The van der Waals surface area contributed by atoms with Gasteiger partial charge in [0.1, 0.15) is 16.7 Å². The predicted molar refractivity (Wildman–Crippen MR) is 118 cm³/mol. The number of nitrogens with one attached hydrogen (secondary N) is 1. The van der Waals surface area contributed by atoms with Crippen molar-refractivity contribution in [2.75, 3.05) is 0 Å². The van der Waals surface area contributed by atoms with Gasteiger partial charge >= 0.3 is 6.03 Å². The first kappa shape index (κ1) is 21.4. The smallest absolute Gasteiger partial charge is 0.326 e. The zero-order chi connectivity index (χ0) is 22.9. The fourth-order valence-electron chi connectivity index (χ4n) is 3.78. The molecule has 0 saturated carbocycles. The van der Waals surface area contributed by atoms with E-state index in [0.29, 0.717) is 11.1 Å². The van der Waals surface area contributed by atoms with Gasteiger partial charge in [0.15, 0.2) is 11.3 Å². The summed E-state index contributed by atoms with van der Waals surface area (Å²) in [7, 11) is 0. The second-order valence-corrected chi connectivity index (χ2v) is 8.31. The average molecular weight is 449 g/mol. The third kappa shape index (κ3) is 3.56. The number of thiazole rings is 1. The number of carbonyl (C=O) groups excluding carboxylic acids is 4. The molecular formula is C23H20N4O4S. The van der Waals surface area contributed by atoms with Crippen molar-refractivity contribution in [3.05, 3.63) is 87.9 Å². The van der Waals surface area contributed by atoms with Gasteiger partial charge in [0.05, 0.1) is 0 Å². The highest BCUT2D eigenvalue weighted by molar-refractivity contribution is 7.10. The first-order valence-electron chi connectivity index (χ1n) is 9.85. The summed E-state index contributed by atoms with van der Waals surface area (Å²) in [5.74, 6) is -1.83. The van der Waals surface area contributed by atoms with Crippen molar-refractivity contribution in [3.8, 4) is 0 Å². The molecule has 2 aromatic carbocycles. The number of hydrogen-bond acceptors (Lipinski definition) is 6. The topological polar surface area (TPSA) is 122 Å². The van der Waals surface area contributed by atoms with Crippen LogP contribution in [0.15, 0.2) is 66.0 Å². The molecule has 0 aliphatic carbocycles. The Morgan fingerprint density at radius 1 is 1.09 bits per heavy atom. The molecule has 9 heteroatoms. The van der Waals surface area contributed by atoms with Gasteiger partial charge in [-0.3, -0.25) is 14.4 Å². The van der Waals surface area contributed by atoms with Crippen LogP contribution >= 0.6 is 11.3 Å². The lowest BCUT2D eigenvalue weighted by atomic mass is 9.88. The Bertz CT molecular complexity index is 1190. The van der Waals surface area contributed by atoms with Crippen LogP contribution in [0.25, 0.3) is 0 Å². The van der Waals surface area contributed by atoms with Gasteiger partial charge in [-0.15, -0.1) is 11.3 Å². The lowest BCUT2D eigenvalue weighted by Gasteiger charge is -2.35. The van der Waals surface area contributed by atoms with Crippen LogP contribution < -0.4 is 11.1 Å². The fourth-order valence-corrected chi connectivity index (χ4v) is 4.83. The summed E-state index contributed by atoms with van der Waals surface area (Å²) in [5.41, 5.74) is 5.38. The normalized spacial score (nSPS) is 17.7. The molecule has 0 radical (unpaired) electrons. The predicted octanol–water partition coefficient (Wildman–Crippen LogP) is 2.56. The Hall–Kier alpha value is -3.85. The number of aromatic nitrogens is 1. The van der Waals surface area contributed by atoms with Gasteiger partial charge < -0.3 is 11.1 Å².